The van der Waals surface area contributed by atoms with Crippen LogP contribution in [-0.2, 0) is 15.9 Å². The van der Waals surface area contributed by atoms with E-state index in [4.69, 9.17) is 4.74 Å². The molecule has 0 saturated carbocycles. The van der Waals surface area contributed by atoms with Crippen molar-refractivity contribution in [2.45, 2.75) is 38.8 Å². The predicted molar refractivity (Wildman–Crippen MR) is 112 cm³/mol. The molecule has 2 rings (SSSR count). The zero-order chi connectivity index (χ0) is 22.1. The van der Waals surface area contributed by atoms with Crippen LogP contribution in [0.5, 0.6) is 0 Å². The Morgan fingerprint density at radius 3 is 2.45 bits per heavy atom. The summed E-state index contributed by atoms with van der Waals surface area (Å²) in [6.07, 6.45) is 2.20. The van der Waals surface area contributed by atoms with Crippen molar-refractivity contribution in [3.05, 3.63) is 53.9 Å². The first-order valence-electron chi connectivity index (χ1n) is 8.71. The minimum Gasteiger partial charge on any atom is -0.444 e. The van der Waals surface area contributed by atoms with Gasteiger partial charge >= 0.3 is 13.7 Å². The van der Waals surface area contributed by atoms with E-state index in [0.717, 1.165) is 0 Å². The minimum atomic E-state index is -4.46. The molecular weight excluding hydrogens is 411 g/mol. The van der Waals surface area contributed by atoms with Gasteiger partial charge in [0.1, 0.15) is 12.3 Å². The zero-order valence-corrected chi connectivity index (χ0v) is 18.3. The number of ether oxygens (including phenoxy) is 1. The van der Waals surface area contributed by atoms with Crippen molar-refractivity contribution in [1.29, 1.82) is 0 Å². The van der Waals surface area contributed by atoms with Crippen LogP contribution in [0.4, 0.5) is 10.5 Å². The number of aldehydes is 1. The Labute approximate surface area is 173 Å². The van der Waals surface area contributed by atoms with Gasteiger partial charge in [0.05, 0.1) is 11.0 Å². The number of benzene rings is 1. The fraction of sp³-hybridized carbons (Fsp3) is 0.316. The van der Waals surface area contributed by atoms with E-state index < -0.39 is 13.7 Å². The number of carbonyl (C=O) groups excluding carboxylic acids is 2. The molecule has 0 aliphatic rings. The Morgan fingerprint density at radius 2 is 1.90 bits per heavy atom. The molecule has 0 atom stereocenters. The van der Waals surface area contributed by atoms with E-state index >= 15 is 0 Å². The molecule has 10 heteroatoms. The molecule has 0 saturated heterocycles. The third-order valence-corrected chi connectivity index (χ3v) is 5.15. The van der Waals surface area contributed by atoms with Crippen LogP contribution in [0, 0.1) is 0 Å². The van der Waals surface area contributed by atoms with Gasteiger partial charge in [-0.3, -0.25) is 19.7 Å². The lowest BCUT2D eigenvalue weighted by molar-refractivity contribution is 0.112. The van der Waals surface area contributed by atoms with Gasteiger partial charge in [-0.15, -0.1) is 0 Å². The number of rotatable bonds is 6. The molecule has 0 unspecified atom stereocenters. The molecular formula is C19H24N2O6PSi. The fourth-order valence-electron chi connectivity index (χ4n) is 1.82. The highest BCUT2D eigenvalue weighted by Crippen LogP contribution is 2.34. The lowest BCUT2D eigenvalue weighted by Gasteiger charge is -2.12. The molecule has 2 aromatic rings. The molecule has 1 amide bonds. The molecule has 0 fully saturated rings. The van der Waals surface area contributed by atoms with Crippen molar-refractivity contribution in [3.8, 4) is 0 Å². The molecule has 8 nitrogen and oxygen atoms in total. The van der Waals surface area contributed by atoms with E-state index in [1.807, 2.05) is 0 Å². The van der Waals surface area contributed by atoms with Gasteiger partial charge < -0.3 is 14.5 Å². The summed E-state index contributed by atoms with van der Waals surface area (Å²) >= 11 is 0. The van der Waals surface area contributed by atoms with Gasteiger partial charge in [0.15, 0.2) is 6.29 Å². The molecule has 155 valence electrons. The molecule has 1 heterocycles. The number of hydrogen-bond acceptors (Lipinski definition) is 5. The normalized spacial score (nSPS) is 11.1. The lowest BCUT2D eigenvalue weighted by Crippen LogP contribution is -2.18. The van der Waals surface area contributed by atoms with Crippen molar-refractivity contribution in [2.24, 2.45) is 0 Å². The van der Waals surface area contributed by atoms with Crippen LogP contribution in [0.2, 0.25) is 5.04 Å². The van der Waals surface area contributed by atoms with Gasteiger partial charge in [-0.1, -0.05) is 45.4 Å². The van der Waals surface area contributed by atoms with E-state index in [1.165, 1.54) is 42.9 Å². The molecule has 1 aromatic heterocycles. The molecule has 3 radical (unpaired) electrons. The van der Waals surface area contributed by atoms with E-state index in [9.17, 15) is 23.9 Å². The topological polar surface area (TPSA) is 126 Å². The SMILES string of the molecule is CCC(C)(C)[Si].O=Cc1ncccc1NC(=O)OCc1ccccc1P(=O)(O)O. The summed E-state index contributed by atoms with van der Waals surface area (Å²) in [7, 11) is -0.940. The van der Waals surface area contributed by atoms with E-state index in [0.29, 0.717) is 11.3 Å². The Kier molecular flexibility index (Phi) is 9.39. The second-order valence-corrected chi connectivity index (χ2v) is 9.59. The lowest BCUT2D eigenvalue weighted by atomic mass is 10.1. The number of pyridine rings is 1. The maximum Gasteiger partial charge on any atom is 0.412 e. The number of amides is 1. The zero-order valence-electron chi connectivity index (χ0n) is 16.5. The number of carbonyl (C=O) groups is 2. The average molecular weight is 435 g/mol. The third kappa shape index (κ3) is 9.14. The molecule has 0 bridgehead atoms. The smallest absolute Gasteiger partial charge is 0.412 e. The Hall–Kier alpha value is -2.32. The van der Waals surface area contributed by atoms with Gasteiger partial charge in [0.2, 0.25) is 0 Å². The average Bonchev–Trinajstić information content (AvgIpc) is 2.66. The number of aromatic nitrogens is 1. The highest BCUT2D eigenvalue weighted by atomic mass is 31.2. The van der Waals surface area contributed by atoms with Crippen molar-refractivity contribution in [2.75, 3.05) is 5.32 Å². The van der Waals surface area contributed by atoms with Crippen LogP contribution in [-0.4, -0.2) is 37.4 Å². The summed E-state index contributed by atoms with van der Waals surface area (Å²) in [4.78, 5) is 44.8. The van der Waals surface area contributed by atoms with Gasteiger partial charge in [-0.2, -0.15) is 0 Å². The summed E-state index contributed by atoms with van der Waals surface area (Å²) in [6.45, 7) is 6.14. The Bertz CT molecular complexity index is 879. The summed E-state index contributed by atoms with van der Waals surface area (Å²) in [5.41, 5.74) is 0.411. The monoisotopic (exact) mass is 435 g/mol. The molecule has 0 aliphatic heterocycles. The van der Waals surface area contributed by atoms with Gasteiger partial charge in [-0.25, -0.2) is 4.79 Å². The first-order valence-corrected chi connectivity index (χ1v) is 10.8. The van der Waals surface area contributed by atoms with Crippen LogP contribution < -0.4 is 10.6 Å². The second-order valence-electron chi connectivity index (χ2n) is 6.67. The van der Waals surface area contributed by atoms with Crippen molar-refractivity contribution in [1.82, 2.24) is 4.98 Å². The van der Waals surface area contributed by atoms with Crippen LogP contribution in [0.1, 0.15) is 43.2 Å². The molecule has 0 spiro atoms. The highest BCUT2D eigenvalue weighted by molar-refractivity contribution is 7.60. The summed E-state index contributed by atoms with van der Waals surface area (Å²) in [6, 6.07) is 8.77. The quantitative estimate of drug-likeness (QED) is 0.361. The van der Waals surface area contributed by atoms with Gasteiger partial charge in [0, 0.05) is 22.0 Å². The van der Waals surface area contributed by atoms with E-state index in [1.54, 1.807) is 6.07 Å². The van der Waals surface area contributed by atoms with Crippen LogP contribution >= 0.6 is 7.60 Å². The summed E-state index contributed by atoms with van der Waals surface area (Å²) < 4.78 is 16.3. The fourth-order valence-corrected chi connectivity index (χ4v) is 2.62. The highest BCUT2D eigenvalue weighted by Gasteiger charge is 2.21. The molecule has 0 aliphatic carbocycles. The van der Waals surface area contributed by atoms with Crippen LogP contribution in [0.15, 0.2) is 42.6 Å². The summed E-state index contributed by atoms with van der Waals surface area (Å²) in [5.74, 6) is 0. The van der Waals surface area contributed by atoms with E-state index in [2.05, 4.69) is 41.3 Å². The summed E-state index contributed by atoms with van der Waals surface area (Å²) in [5, 5.41) is 2.48. The Morgan fingerprint density at radius 1 is 1.28 bits per heavy atom. The molecule has 29 heavy (non-hydrogen) atoms. The minimum absolute atomic E-state index is 0.0417. The maximum absolute atomic E-state index is 11.7. The number of hydrogen-bond donors (Lipinski definition) is 3. The Balaban J connectivity index is 0.000000612. The molecule has 1 aromatic carbocycles. The van der Waals surface area contributed by atoms with Crippen molar-refractivity contribution in [3.63, 3.8) is 0 Å². The second kappa shape index (κ2) is 11.0. The van der Waals surface area contributed by atoms with Crippen molar-refractivity contribution >= 4 is 41.2 Å². The van der Waals surface area contributed by atoms with E-state index in [-0.39, 0.29) is 28.9 Å². The number of anilines is 1. The third-order valence-electron chi connectivity index (χ3n) is 3.73. The van der Waals surface area contributed by atoms with Crippen LogP contribution in [0.25, 0.3) is 0 Å². The molecule has 3 N–H and O–H groups in total. The standard InChI is InChI=1S/C14H13N2O6P.C5H11Si/c17-8-12-11(5-3-7-15-12)16-14(18)22-9-10-4-1-2-6-13(10)23(19,20)21;1-4-5(2,3)6/h1-8H,9H2,(H,16,18)(H2,19,20,21);4H2,1-3H3. The predicted octanol–water partition coefficient (Wildman–Crippen LogP) is 3.21. The van der Waals surface area contributed by atoms with Crippen LogP contribution in [0.3, 0.4) is 0 Å². The first-order chi connectivity index (χ1) is 13.5. The van der Waals surface area contributed by atoms with Gasteiger partial charge in [0.25, 0.3) is 0 Å². The maximum atomic E-state index is 11.7. The van der Waals surface area contributed by atoms with Gasteiger partial charge in [-0.05, 0) is 23.2 Å². The van der Waals surface area contributed by atoms with Crippen molar-refractivity contribution < 1.29 is 28.7 Å². The number of nitrogens with one attached hydrogen (secondary N) is 1. The largest absolute Gasteiger partial charge is 0.444 e. The number of nitrogens with zero attached hydrogens (tertiary/aromatic N) is 1. The first kappa shape index (κ1) is 24.7.